The van der Waals surface area contributed by atoms with Gasteiger partial charge in [-0.1, -0.05) is 31.6 Å². The molecular weight excluding hydrogens is 116 g/mol. The predicted octanol–water partition coefficient (Wildman–Crippen LogP) is 0.647. The van der Waals surface area contributed by atoms with Gasteiger partial charge in [0.1, 0.15) is 0 Å². The molecule has 0 saturated carbocycles. The zero-order chi connectivity index (χ0) is 5.70. The fraction of sp³-hybridized carbons (Fsp3) is 1.00. The van der Waals surface area contributed by atoms with Gasteiger partial charge in [0.2, 0.25) is 0 Å². The first-order chi connectivity index (χ1) is 3.27. The Morgan fingerprint density at radius 2 is 2.00 bits per heavy atom. The minimum Gasteiger partial charge on any atom is -0.0722 e. The maximum atomic E-state index is 2.43. The molecule has 0 aromatic rings. The van der Waals surface area contributed by atoms with Crippen molar-refractivity contribution in [2.45, 2.75) is 31.6 Å². The summed E-state index contributed by atoms with van der Waals surface area (Å²) < 4.78 is 0. The van der Waals surface area contributed by atoms with Crippen LogP contribution in [0.1, 0.15) is 6.42 Å². The Bertz CT molecular complexity index is 35.1. The first kappa shape index (κ1) is 7.43. The highest BCUT2D eigenvalue weighted by Crippen LogP contribution is 1.97. The first-order valence-corrected chi connectivity index (χ1v) is 7.81. The molecule has 44 valence electrons. The summed E-state index contributed by atoms with van der Waals surface area (Å²) in [6.07, 6.45) is 1.52. The molecule has 0 aromatic heterocycles. The second-order valence-corrected chi connectivity index (χ2v) is 6.90. The van der Waals surface area contributed by atoms with E-state index in [1.807, 2.05) is 0 Å². The van der Waals surface area contributed by atoms with E-state index in [0.717, 1.165) is 0 Å². The normalized spacial score (nSPS) is 10.7. The summed E-state index contributed by atoms with van der Waals surface area (Å²) in [6, 6.07) is 3.09. The molecule has 0 atom stereocenters. The van der Waals surface area contributed by atoms with Crippen molar-refractivity contribution in [3.8, 4) is 0 Å². The molecule has 0 spiro atoms. The van der Waals surface area contributed by atoms with Crippen molar-refractivity contribution in [1.82, 2.24) is 0 Å². The Morgan fingerprint density at radius 3 is 2.14 bits per heavy atom. The van der Waals surface area contributed by atoms with E-state index in [1.165, 1.54) is 22.7 Å². The number of hydrogen-bond donors (Lipinski definition) is 0. The van der Waals surface area contributed by atoms with Gasteiger partial charge < -0.3 is 0 Å². The number of rotatable bonds is 3. The van der Waals surface area contributed by atoms with Crippen LogP contribution in [0.25, 0.3) is 0 Å². The SMILES string of the molecule is C[SiH](C)CCC[SiH3]. The summed E-state index contributed by atoms with van der Waals surface area (Å²) in [4.78, 5) is 0. The fourth-order valence-electron chi connectivity index (χ4n) is 0.612. The Morgan fingerprint density at radius 1 is 1.43 bits per heavy atom. The molecule has 2 heteroatoms. The summed E-state index contributed by atoms with van der Waals surface area (Å²) in [5.41, 5.74) is 0. The van der Waals surface area contributed by atoms with Crippen LogP contribution in [-0.4, -0.2) is 19.0 Å². The van der Waals surface area contributed by atoms with Gasteiger partial charge in [-0.05, 0) is 0 Å². The lowest BCUT2D eigenvalue weighted by atomic mass is 10.6. The third kappa shape index (κ3) is 6.43. The van der Waals surface area contributed by atoms with Gasteiger partial charge in [0.25, 0.3) is 0 Å². The van der Waals surface area contributed by atoms with Gasteiger partial charge in [-0.3, -0.25) is 0 Å². The average Bonchev–Trinajstić information content (AvgIpc) is 1.61. The van der Waals surface area contributed by atoms with E-state index in [1.54, 1.807) is 6.04 Å². The Hall–Kier alpha value is 0.434. The van der Waals surface area contributed by atoms with Crippen LogP contribution >= 0.6 is 0 Å². The van der Waals surface area contributed by atoms with E-state index in [-0.39, 0.29) is 8.80 Å². The molecular formula is C5H16Si2. The van der Waals surface area contributed by atoms with Crippen molar-refractivity contribution in [2.75, 3.05) is 0 Å². The molecule has 0 rings (SSSR count). The lowest BCUT2D eigenvalue weighted by Crippen LogP contribution is -1.96. The maximum Gasteiger partial charge on any atom is 0.0305 e. The Kier molecular flexibility index (Phi) is 4.87. The van der Waals surface area contributed by atoms with Crippen LogP contribution in [0, 0.1) is 0 Å². The Balaban J connectivity index is 2.68. The van der Waals surface area contributed by atoms with Crippen molar-refractivity contribution in [2.24, 2.45) is 0 Å². The van der Waals surface area contributed by atoms with Crippen LogP contribution in [0.4, 0.5) is 0 Å². The van der Waals surface area contributed by atoms with Gasteiger partial charge in [-0.2, -0.15) is 0 Å². The van der Waals surface area contributed by atoms with Crippen molar-refractivity contribution < 1.29 is 0 Å². The highest BCUT2D eigenvalue weighted by Gasteiger charge is 1.90. The Labute approximate surface area is 51.3 Å². The molecule has 0 amide bonds. The van der Waals surface area contributed by atoms with Gasteiger partial charge in [0.15, 0.2) is 0 Å². The molecule has 0 aliphatic rings. The predicted molar refractivity (Wildman–Crippen MR) is 43.0 cm³/mol. The van der Waals surface area contributed by atoms with Crippen molar-refractivity contribution in [3.63, 3.8) is 0 Å². The smallest absolute Gasteiger partial charge is 0.0305 e. The first-order valence-electron chi connectivity index (χ1n) is 3.27. The lowest BCUT2D eigenvalue weighted by Gasteiger charge is -1.96. The monoisotopic (exact) mass is 132 g/mol. The second-order valence-electron chi connectivity index (χ2n) is 2.54. The van der Waals surface area contributed by atoms with E-state index in [2.05, 4.69) is 13.1 Å². The van der Waals surface area contributed by atoms with Crippen LogP contribution in [0.15, 0.2) is 0 Å². The summed E-state index contributed by atoms with van der Waals surface area (Å²) in [6.45, 7) is 4.86. The largest absolute Gasteiger partial charge is 0.0722 e. The quantitative estimate of drug-likeness (QED) is 0.495. The number of hydrogen-bond acceptors (Lipinski definition) is 0. The molecule has 0 aromatic carbocycles. The minimum atomic E-state index is -0.166. The third-order valence-corrected chi connectivity index (χ3v) is 3.41. The standard InChI is InChI=1S/C5H16Si2/c1-7(2)5-3-4-6/h7H,3-5H2,1-2,6H3. The second kappa shape index (κ2) is 4.59. The molecule has 0 radical (unpaired) electrons. The summed E-state index contributed by atoms with van der Waals surface area (Å²) in [5, 5.41) is 0. The van der Waals surface area contributed by atoms with Gasteiger partial charge in [-0.25, -0.2) is 0 Å². The molecule has 7 heavy (non-hydrogen) atoms. The molecule has 0 nitrogen and oxygen atoms in total. The van der Waals surface area contributed by atoms with Crippen LogP contribution in [0.3, 0.4) is 0 Å². The fourth-order valence-corrected chi connectivity index (χ4v) is 3.06. The van der Waals surface area contributed by atoms with E-state index >= 15 is 0 Å². The van der Waals surface area contributed by atoms with E-state index in [0.29, 0.717) is 0 Å². The summed E-state index contributed by atoms with van der Waals surface area (Å²) in [7, 11) is 1.25. The van der Waals surface area contributed by atoms with Crippen molar-refractivity contribution in [3.05, 3.63) is 0 Å². The van der Waals surface area contributed by atoms with Crippen LogP contribution < -0.4 is 0 Å². The lowest BCUT2D eigenvalue weighted by molar-refractivity contribution is 1.06. The van der Waals surface area contributed by atoms with E-state index in [4.69, 9.17) is 0 Å². The van der Waals surface area contributed by atoms with Crippen LogP contribution in [-0.2, 0) is 0 Å². The molecule has 0 N–H and O–H groups in total. The topological polar surface area (TPSA) is 0 Å². The van der Waals surface area contributed by atoms with Crippen molar-refractivity contribution >= 4 is 19.0 Å². The molecule has 0 fully saturated rings. The zero-order valence-electron chi connectivity index (χ0n) is 5.70. The van der Waals surface area contributed by atoms with Gasteiger partial charge in [0, 0.05) is 19.0 Å². The minimum absolute atomic E-state index is 0.166. The molecule has 0 aliphatic heterocycles. The van der Waals surface area contributed by atoms with Crippen molar-refractivity contribution in [1.29, 1.82) is 0 Å². The average molecular weight is 132 g/mol. The van der Waals surface area contributed by atoms with Gasteiger partial charge in [0.05, 0.1) is 0 Å². The van der Waals surface area contributed by atoms with Crippen LogP contribution in [0.5, 0.6) is 0 Å². The third-order valence-electron chi connectivity index (χ3n) is 1.14. The highest BCUT2D eigenvalue weighted by atomic mass is 28.3. The zero-order valence-corrected chi connectivity index (χ0v) is 8.85. The van der Waals surface area contributed by atoms with E-state index < -0.39 is 0 Å². The van der Waals surface area contributed by atoms with Crippen LogP contribution in [0.2, 0.25) is 25.2 Å². The molecule has 0 heterocycles. The van der Waals surface area contributed by atoms with Gasteiger partial charge >= 0.3 is 0 Å². The highest BCUT2D eigenvalue weighted by molar-refractivity contribution is 6.55. The molecule has 0 aliphatic carbocycles. The molecule has 0 saturated heterocycles. The molecule has 0 unspecified atom stereocenters. The molecule has 0 bridgehead atoms. The summed E-state index contributed by atoms with van der Waals surface area (Å²) in [5.74, 6) is 0. The van der Waals surface area contributed by atoms with Gasteiger partial charge in [-0.15, -0.1) is 0 Å². The van der Waals surface area contributed by atoms with E-state index in [9.17, 15) is 0 Å². The maximum absolute atomic E-state index is 2.43. The summed E-state index contributed by atoms with van der Waals surface area (Å²) >= 11 is 0.